The van der Waals surface area contributed by atoms with Crippen molar-refractivity contribution < 1.29 is 0 Å². The van der Waals surface area contributed by atoms with Gasteiger partial charge in [-0.25, -0.2) is 0 Å². The number of rotatable bonds is 1. The zero-order chi connectivity index (χ0) is 9.80. The Labute approximate surface area is 83.5 Å². The van der Waals surface area contributed by atoms with Crippen LogP contribution >= 0.6 is 0 Å². The lowest BCUT2D eigenvalue weighted by Crippen LogP contribution is -2.37. The van der Waals surface area contributed by atoms with Crippen LogP contribution in [0.4, 0.5) is 0 Å². The molecule has 0 spiro atoms. The van der Waals surface area contributed by atoms with Gasteiger partial charge in [-0.2, -0.15) is 5.26 Å². The quantitative estimate of drug-likeness (QED) is 0.621. The highest BCUT2D eigenvalue weighted by molar-refractivity contribution is 5.34. The second-order valence-electron chi connectivity index (χ2n) is 3.11. The Kier molecular flexibility index (Phi) is 2.37. The van der Waals surface area contributed by atoms with Gasteiger partial charge in [0.25, 0.3) is 0 Å². The Hall–Kier alpha value is -1.95. The highest BCUT2D eigenvalue weighted by atomic mass is 15.6. The van der Waals surface area contributed by atoms with Crippen molar-refractivity contribution in [3.05, 3.63) is 48.4 Å². The Morgan fingerprint density at radius 1 is 1.14 bits per heavy atom. The molecule has 0 saturated heterocycles. The molecule has 0 saturated carbocycles. The lowest BCUT2D eigenvalue weighted by molar-refractivity contribution is 0.101. The van der Waals surface area contributed by atoms with Crippen LogP contribution in [0, 0.1) is 11.3 Å². The van der Waals surface area contributed by atoms with Crippen molar-refractivity contribution in [2.75, 3.05) is 13.1 Å². The molecule has 2 rings (SSSR count). The molecule has 0 aliphatic carbocycles. The third kappa shape index (κ3) is 1.69. The van der Waals surface area contributed by atoms with Crippen molar-refractivity contribution in [1.82, 2.24) is 10.0 Å². The number of hydrazine groups is 1. The van der Waals surface area contributed by atoms with E-state index in [2.05, 4.69) is 17.2 Å². The van der Waals surface area contributed by atoms with Crippen LogP contribution in [0.1, 0.15) is 0 Å². The molecule has 0 N–H and O–H groups in total. The fourth-order valence-corrected chi connectivity index (χ4v) is 1.44. The SMILES string of the molecule is N#CC1=CN(N2C=CC=CC2)CC=C1. The van der Waals surface area contributed by atoms with E-state index in [0.717, 1.165) is 13.1 Å². The van der Waals surface area contributed by atoms with Gasteiger partial charge in [-0.3, -0.25) is 10.0 Å². The third-order valence-electron chi connectivity index (χ3n) is 2.13. The molecule has 0 atom stereocenters. The van der Waals surface area contributed by atoms with Gasteiger partial charge in [-0.1, -0.05) is 18.2 Å². The van der Waals surface area contributed by atoms with E-state index < -0.39 is 0 Å². The fourth-order valence-electron chi connectivity index (χ4n) is 1.44. The zero-order valence-corrected chi connectivity index (χ0v) is 7.80. The van der Waals surface area contributed by atoms with Crippen LogP contribution in [0.25, 0.3) is 0 Å². The van der Waals surface area contributed by atoms with E-state index in [4.69, 9.17) is 5.26 Å². The first-order chi connectivity index (χ1) is 6.90. The lowest BCUT2D eigenvalue weighted by Gasteiger charge is -2.34. The molecule has 0 fully saturated rings. The average molecular weight is 185 g/mol. The summed E-state index contributed by atoms with van der Waals surface area (Å²) in [6.45, 7) is 1.68. The largest absolute Gasteiger partial charge is 0.289 e. The first-order valence-electron chi connectivity index (χ1n) is 4.55. The Balaban J connectivity index is 2.10. The number of hydrogen-bond acceptors (Lipinski definition) is 3. The molecule has 2 heterocycles. The summed E-state index contributed by atoms with van der Waals surface area (Å²) in [5.74, 6) is 0. The summed E-state index contributed by atoms with van der Waals surface area (Å²) in [7, 11) is 0. The van der Waals surface area contributed by atoms with Crippen LogP contribution < -0.4 is 0 Å². The lowest BCUT2D eigenvalue weighted by atomic mass is 10.2. The maximum absolute atomic E-state index is 8.76. The molecule has 0 aromatic heterocycles. The minimum absolute atomic E-state index is 0.694. The van der Waals surface area contributed by atoms with Crippen molar-refractivity contribution in [2.45, 2.75) is 0 Å². The smallest absolute Gasteiger partial charge is 0.101 e. The molecule has 0 aromatic carbocycles. The molecular formula is C11H11N3. The normalized spacial score (nSPS) is 19.5. The summed E-state index contributed by atoms with van der Waals surface area (Å²) < 4.78 is 0. The Morgan fingerprint density at radius 2 is 2.00 bits per heavy atom. The van der Waals surface area contributed by atoms with Crippen LogP contribution in [0.5, 0.6) is 0 Å². The van der Waals surface area contributed by atoms with Crippen LogP contribution in [0.15, 0.2) is 48.4 Å². The van der Waals surface area contributed by atoms with E-state index in [9.17, 15) is 0 Å². The monoisotopic (exact) mass is 185 g/mol. The molecule has 3 nitrogen and oxygen atoms in total. The highest BCUT2D eigenvalue weighted by Gasteiger charge is 2.10. The number of nitrogens with zero attached hydrogens (tertiary/aromatic N) is 3. The summed E-state index contributed by atoms with van der Waals surface area (Å²) in [6.07, 6.45) is 13.8. The van der Waals surface area contributed by atoms with Gasteiger partial charge in [0.05, 0.1) is 18.7 Å². The molecule has 0 unspecified atom stereocenters. The van der Waals surface area contributed by atoms with E-state index in [1.807, 2.05) is 41.7 Å². The van der Waals surface area contributed by atoms with Crippen molar-refractivity contribution in [1.29, 1.82) is 5.26 Å². The minimum atomic E-state index is 0.694. The number of nitriles is 1. The van der Waals surface area contributed by atoms with Crippen molar-refractivity contribution in [3.63, 3.8) is 0 Å². The predicted octanol–water partition coefficient (Wildman–Crippen LogP) is 1.57. The van der Waals surface area contributed by atoms with E-state index >= 15 is 0 Å². The Morgan fingerprint density at radius 3 is 2.71 bits per heavy atom. The van der Waals surface area contributed by atoms with Crippen LogP contribution in [0.3, 0.4) is 0 Å². The first-order valence-corrected chi connectivity index (χ1v) is 4.55. The second-order valence-corrected chi connectivity index (χ2v) is 3.11. The average Bonchev–Trinajstić information content (AvgIpc) is 2.30. The molecule has 14 heavy (non-hydrogen) atoms. The molecule has 2 aliphatic heterocycles. The summed E-state index contributed by atoms with van der Waals surface area (Å²) in [6, 6.07) is 2.14. The zero-order valence-electron chi connectivity index (χ0n) is 7.80. The third-order valence-corrected chi connectivity index (χ3v) is 2.13. The van der Waals surface area contributed by atoms with Gasteiger partial charge in [0.1, 0.15) is 6.07 Å². The molecule has 0 amide bonds. The molecule has 0 aromatic rings. The van der Waals surface area contributed by atoms with Crippen molar-refractivity contribution >= 4 is 0 Å². The van der Waals surface area contributed by atoms with E-state index in [1.165, 1.54) is 0 Å². The van der Waals surface area contributed by atoms with Gasteiger partial charge in [0.2, 0.25) is 0 Å². The summed E-state index contributed by atoms with van der Waals surface area (Å²) in [5.41, 5.74) is 0.694. The van der Waals surface area contributed by atoms with E-state index in [1.54, 1.807) is 0 Å². The van der Waals surface area contributed by atoms with E-state index in [-0.39, 0.29) is 0 Å². The first kappa shape index (κ1) is 8.64. The number of allylic oxidation sites excluding steroid dienone is 4. The van der Waals surface area contributed by atoms with Crippen molar-refractivity contribution in [2.24, 2.45) is 0 Å². The van der Waals surface area contributed by atoms with E-state index in [0.29, 0.717) is 5.57 Å². The van der Waals surface area contributed by atoms with Crippen molar-refractivity contribution in [3.8, 4) is 6.07 Å². The summed E-state index contributed by atoms with van der Waals surface area (Å²) in [5, 5.41) is 12.9. The van der Waals surface area contributed by atoms with Gasteiger partial charge < -0.3 is 0 Å². The highest BCUT2D eigenvalue weighted by Crippen LogP contribution is 2.11. The standard InChI is InChI=1S/C11H11N3/c12-9-11-5-4-8-14(10-11)13-6-2-1-3-7-13/h1-6,10H,7-8H2. The number of hydrogen-bond donors (Lipinski definition) is 0. The second kappa shape index (κ2) is 3.84. The van der Waals surface area contributed by atoms with Gasteiger partial charge in [0.15, 0.2) is 0 Å². The van der Waals surface area contributed by atoms with Crippen LogP contribution in [0.2, 0.25) is 0 Å². The fraction of sp³-hybridized carbons (Fsp3) is 0.182. The molecule has 2 aliphatic rings. The topological polar surface area (TPSA) is 30.3 Å². The molecule has 3 heteroatoms. The summed E-state index contributed by atoms with van der Waals surface area (Å²) in [4.78, 5) is 0. The molecule has 70 valence electrons. The maximum atomic E-state index is 8.76. The van der Waals surface area contributed by atoms with Crippen LogP contribution in [-0.2, 0) is 0 Å². The minimum Gasteiger partial charge on any atom is -0.289 e. The van der Waals surface area contributed by atoms with Gasteiger partial charge >= 0.3 is 0 Å². The Bertz CT molecular complexity index is 368. The van der Waals surface area contributed by atoms with Gasteiger partial charge in [-0.05, 0) is 12.2 Å². The van der Waals surface area contributed by atoms with Gasteiger partial charge in [0, 0.05) is 12.4 Å². The van der Waals surface area contributed by atoms with Gasteiger partial charge in [-0.15, -0.1) is 0 Å². The summed E-state index contributed by atoms with van der Waals surface area (Å²) >= 11 is 0. The molecule has 0 bridgehead atoms. The predicted molar refractivity (Wildman–Crippen MR) is 54.5 cm³/mol. The molecule has 0 radical (unpaired) electrons. The molecular weight excluding hydrogens is 174 g/mol. The maximum Gasteiger partial charge on any atom is 0.101 e. The van der Waals surface area contributed by atoms with Crippen LogP contribution in [-0.4, -0.2) is 23.1 Å².